The maximum atomic E-state index is 12.9. The Morgan fingerprint density at radius 1 is 0.852 bits per heavy atom. The molecule has 1 fully saturated rings. The molecule has 0 radical (unpaired) electrons. The molecule has 0 amide bonds. The summed E-state index contributed by atoms with van der Waals surface area (Å²) in [6.45, 7) is 10.8. The lowest BCUT2D eigenvalue weighted by Crippen LogP contribution is -2.48. The number of rotatable bonds is 4. The van der Waals surface area contributed by atoms with E-state index >= 15 is 0 Å². The molecule has 146 valence electrons. The molecule has 0 spiro atoms. The van der Waals surface area contributed by atoms with Crippen LogP contribution in [-0.2, 0) is 16.6 Å². The lowest BCUT2D eigenvalue weighted by molar-refractivity contribution is 0.180. The van der Waals surface area contributed by atoms with Crippen LogP contribution in [-0.4, -0.2) is 48.9 Å². The Balaban J connectivity index is 1.68. The SMILES string of the molecule is Cc1ccc(S(=O)(=O)N2CCN(Cc3cc(C)c(C)cc3O)CC2)cc1C. The maximum absolute atomic E-state index is 12.9. The van der Waals surface area contributed by atoms with E-state index in [1.165, 1.54) is 0 Å². The van der Waals surface area contributed by atoms with Gasteiger partial charge in [-0.3, -0.25) is 4.90 Å². The summed E-state index contributed by atoms with van der Waals surface area (Å²) in [6.07, 6.45) is 0. The van der Waals surface area contributed by atoms with Crippen LogP contribution in [0.25, 0.3) is 0 Å². The van der Waals surface area contributed by atoms with Crippen LogP contribution in [0.1, 0.15) is 27.8 Å². The first-order valence-corrected chi connectivity index (χ1v) is 10.7. The van der Waals surface area contributed by atoms with E-state index in [9.17, 15) is 13.5 Å². The van der Waals surface area contributed by atoms with Crippen LogP contribution in [0.4, 0.5) is 0 Å². The molecule has 6 heteroatoms. The quantitative estimate of drug-likeness (QED) is 0.874. The monoisotopic (exact) mass is 388 g/mol. The van der Waals surface area contributed by atoms with Crippen molar-refractivity contribution in [3.05, 3.63) is 58.1 Å². The summed E-state index contributed by atoms with van der Waals surface area (Å²) in [5.41, 5.74) is 5.19. The number of hydrogen-bond acceptors (Lipinski definition) is 4. The molecule has 1 aliphatic heterocycles. The fourth-order valence-electron chi connectivity index (χ4n) is 3.38. The summed E-state index contributed by atoms with van der Waals surface area (Å²) in [5.74, 6) is 0.309. The van der Waals surface area contributed by atoms with Crippen LogP contribution >= 0.6 is 0 Å². The molecule has 1 N–H and O–H groups in total. The minimum Gasteiger partial charge on any atom is -0.508 e. The van der Waals surface area contributed by atoms with Crippen molar-refractivity contribution < 1.29 is 13.5 Å². The number of sulfonamides is 1. The Kier molecular flexibility index (Phi) is 5.60. The first-order valence-electron chi connectivity index (χ1n) is 9.27. The van der Waals surface area contributed by atoms with Crippen LogP contribution in [0.2, 0.25) is 0 Å². The van der Waals surface area contributed by atoms with Crippen molar-refractivity contribution in [2.45, 2.75) is 39.1 Å². The number of aryl methyl sites for hydroxylation is 4. The molecule has 2 aromatic rings. The van der Waals surface area contributed by atoms with E-state index in [0.29, 0.717) is 43.4 Å². The smallest absolute Gasteiger partial charge is 0.243 e. The van der Waals surface area contributed by atoms with Gasteiger partial charge in [-0.05, 0) is 68.1 Å². The van der Waals surface area contributed by atoms with Crippen molar-refractivity contribution in [3.8, 4) is 5.75 Å². The zero-order valence-corrected chi connectivity index (χ0v) is 17.3. The lowest BCUT2D eigenvalue weighted by atomic mass is 10.0. The van der Waals surface area contributed by atoms with Crippen molar-refractivity contribution in [1.29, 1.82) is 0 Å². The number of benzene rings is 2. The van der Waals surface area contributed by atoms with Crippen LogP contribution in [0.5, 0.6) is 5.75 Å². The van der Waals surface area contributed by atoms with Gasteiger partial charge in [0.15, 0.2) is 0 Å². The normalized spacial score (nSPS) is 16.6. The van der Waals surface area contributed by atoms with Gasteiger partial charge in [-0.25, -0.2) is 8.42 Å². The molecule has 5 nitrogen and oxygen atoms in total. The highest BCUT2D eigenvalue weighted by atomic mass is 32.2. The van der Waals surface area contributed by atoms with Crippen molar-refractivity contribution in [2.75, 3.05) is 26.2 Å². The third-order valence-corrected chi connectivity index (χ3v) is 7.43. The summed E-state index contributed by atoms with van der Waals surface area (Å²) in [6, 6.07) is 9.12. The zero-order chi connectivity index (χ0) is 19.8. The number of phenolic OH excluding ortho intramolecular Hbond substituents is 1. The van der Waals surface area contributed by atoms with Crippen molar-refractivity contribution >= 4 is 10.0 Å². The van der Waals surface area contributed by atoms with Crippen LogP contribution < -0.4 is 0 Å². The minimum atomic E-state index is -3.46. The number of aromatic hydroxyl groups is 1. The van der Waals surface area contributed by atoms with Gasteiger partial charge in [-0.2, -0.15) is 4.31 Å². The van der Waals surface area contributed by atoms with Crippen molar-refractivity contribution in [1.82, 2.24) is 9.21 Å². The number of hydrogen-bond donors (Lipinski definition) is 1. The summed E-state index contributed by atoms with van der Waals surface area (Å²) < 4.78 is 27.4. The first-order chi connectivity index (χ1) is 12.7. The van der Waals surface area contributed by atoms with E-state index in [4.69, 9.17) is 0 Å². The highest BCUT2D eigenvalue weighted by Gasteiger charge is 2.29. The average Bonchev–Trinajstić information content (AvgIpc) is 2.62. The van der Waals surface area contributed by atoms with Gasteiger partial charge >= 0.3 is 0 Å². The highest BCUT2D eigenvalue weighted by molar-refractivity contribution is 7.89. The van der Waals surface area contributed by atoms with Gasteiger partial charge in [0.25, 0.3) is 0 Å². The fraction of sp³-hybridized carbons (Fsp3) is 0.429. The van der Waals surface area contributed by atoms with Crippen molar-refractivity contribution in [3.63, 3.8) is 0 Å². The molecular formula is C21H28N2O3S. The van der Waals surface area contributed by atoms with Crippen LogP contribution in [0.15, 0.2) is 35.2 Å². The second-order valence-electron chi connectivity index (χ2n) is 7.49. The maximum Gasteiger partial charge on any atom is 0.243 e. The molecule has 0 saturated carbocycles. The first kappa shape index (κ1) is 19.9. The number of nitrogens with zero attached hydrogens (tertiary/aromatic N) is 2. The van der Waals surface area contributed by atoms with E-state index in [1.807, 2.05) is 39.8 Å². The molecule has 0 aromatic heterocycles. The Morgan fingerprint density at radius 2 is 1.44 bits per heavy atom. The number of piperazine rings is 1. The Hall–Kier alpha value is -1.89. The topological polar surface area (TPSA) is 60.9 Å². The summed E-state index contributed by atoms with van der Waals surface area (Å²) in [5, 5.41) is 10.2. The molecule has 1 heterocycles. The molecule has 0 aliphatic carbocycles. The van der Waals surface area contributed by atoms with Crippen molar-refractivity contribution in [2.24, 2.45) is 0 Å². The summed E-state index contributed by atoms with van der Waals surface area (Å²) in [4.78, 5) is 2.56. The van der Waals surface area contributed by atoms with Gasteiger partial charge in [0.1, 0.15) is 5.75 Å². The number of phenols is 1. The van der Waals surface area contributed by atoms with E-state index in [0.717, 1.165) is 27.8 Å². The van der Waals surface area contributed by atoms with Gasteiger partial charge in [0.2, 0.25) is 10.0 Å². The fourth-order valence-corrected chi connectivity index (χ4v) is 4.89. The van der Waals surface area contributed by atoms with E-state index in [-0.39, 0.29) is 0 Å². The predicted octanol–water partition coefficient (Wildman–Crippen LogP) is 3.13. The molecular weight excluding hydrogens is 360 g/mol. The Morgan fingerprint density at radius 3 is 2.07 bits per heavy atom. The van der Waals surface area contributed by atoms with Gasteiger partial charge < -0.3 is 5.11 Å². The Labute approximate surface area is 162 Å². The highest BCUT2D eigenvalue weighted by Crippen LogP contribution is 2.25. The third kappa shape index (κ3) is 4.18. The molecule has 27 heavy (non-hydrogen) atoms. The van der Waals surface area contributed by atoms with E-state index in [1.54, 1.807) is 22.5 Å². The second-order valence-corrected chi connectivity index (χ2v) is 9.43. The van der Waals surface area contributed by atoms with Gasteiger partial charge in [0.05, 0.1) is 4.90 Å². The Bertz CT molecular complexity index is 946. The summed E-state index contributed by atoms with van der Waals surface area (Å²) in [7, 11) is -3.46. The molecule has 0 bridgehead atoms. The molecule has 2 aromatic carbocycles. The van der Waals surface area contributed by atoms with Gasteiger partial charge in [0, 0.05) is 38.3 Å². The molecule has 1 saturated heterocycles. The van der Waals surface area contributed by atoms with Crippen LogP contribution in [0.3, 0.4) is 0 Å². The largest absolute Gasteiger partial charge is 0.508 e. The van der Waals surface area contributed by atoms with Gasteiger partial charge in [-0.15, -0.1) is 0 Å². The average molecular weight is 389 g/mol. The molecule has 0 atom stereocenters. The third-order valence-electron chi connectivity index (χ3n) is 5.54. The second kappa shape index (κ2) is 7.62. The molecule has 1 aliphatic rings. The standard InChI is InChI=1S/C21H28N2O3S/c1-15-5-6-20(12-17(15)3)27(25,26)23-9-7-22(8-10-23)14-19-11-16(2)18(4)13-21(19)24/h5-6,11-13,24H,7-10,14H2,1-4H3. The van der Waals surface area contributed by atoms with Crippen LogP contribution in [0, 0.1) is 27.7 Å². The molecule has 0 unspecified atom stereocenters. The zero-order valence-electron chi connectivity index (χ0n) is 16.5. The van der Waals surface area contributed by atoms with E-state index in [2.05, 4.69) is 4.90 Å². The molecule has 3 rings (SSSR count). The minimum absolute atomic E-state index is 0.309. The predicted molar refractivity (Wildman–Crippen MR) is 108 cm³/mol. The van der Waals surface area contributed by atoms with E-state index < -0.39 is 10.0 Å². The van der Waals surface area contributed by atoms with Gasteiger partial charge in [-0.1, -0.05) is 12.1 Å². The summed E-state index contributed by atoms with van der Waals surface area (Å²) >= 11 is 0. The lowest BCUT2D eigenvalue weighted by Gasteiger charge is -2.34.